The summed E-state index contributed by atoms with van der Waals surface area (Å²) in [7, 11) is 2.14. The van der Waals surface area contributed by atoms with Gasteiger partial charge in [0.15, 0.2) is 0 Å². The van der Waals surface area contributed by atoms with Crippen molar-refractivity contribution in [3.8, 4) is 0 Å². The third-order valence-corrected chi connectivity index (χ3v) is 5.09. The molecule has 1 aromatic rings. The minimum absolute atomic E-state index is 0.0560. The molecule has 0 spiro atoms. The fourth-order valence-corrected chi connectivity index (χ4v) is 3.40. The molecule has 3 atom stereocenters. The highest BCUT2D eigenvalue weighted by Crippen LogP contribution is 2.33. The van der Waals surface area contributed by atoms with Crippen LogP contribution in [0.15, 0.2) is 18.2 Å². The lowest BCUT2D eigenvalue weighted by molar-refractivity contribution is 0.0940. The van der Waals surface area contributed by atoms with Gasteiger partial charge in [0.25, 0.3) is 5.91 Å². The molecule has 0 saturated carbocycles. The Hall–Kier alpha value is -1.55. The molecule has 3 rings (SSSR count). The van der Waals surface area contributed by atoms with Crippen molar-refractivity contribution >= 4 is 11.6 Å². The maximum absolute atomic E-state index is 12.4. The molecule has 0 radical (unpaired) electrons. The van der Waals surface area contributed by atoms with Crippen LogP contribution in [0.1, 0.15) is 36.2 Å². The summed E-state index contributed by atoms with van der Waals surface area (Å²) in [6.07, 6.45) is 2.07. The summed E-state index contributed by atoms with van der Waals surface area (Å²) in [6.45, 7) is 6.42. The fraction of sp³-hybridized carbons (Fsp3) is 0.588. The topological polar surface area (TPSA) is 44.4 Å². The molecule has 2 N–H and O–H groups in total. The first kappa shape index (κ1) is 14.4. The van der Waals surface area contributed by atoms with Crippen LogP contribution < -0.4 is 15.5 Å². The number of fused-ring (bicyclic) bond motifs is 1. The van der Waals surface area contributed by atoms with E-state index >= 15 is 0 Å². The molecular formula is C17H25N3O. The van der Waals surface area contributed by atoms with E-state index in [1.165, 1.54) is 11.3 Å². The number of anilines is 1. The monoisotopic (exact) mass is 287 g/mol. The van der Waals surface area contributed by atoms with Crippen LogP contribution in [0.25, 0.3) is 0 Å². The second kappa shape index (κ2) is 5.68. The Morgan fingerprint density at radius 1 is 1.38 bits per heavy atom. The van der Waals surface area contributed by atoms with Crippen molar-refractivity contribution in [3.63, 3.8) is 0 Å². The second-order valence-electron chi connectivity index (χ2n) is 6.54. The van der Waals surface area contributed by atoms with Crippen LogP contribution in [0, 0.1) is 5.92 Å². The van der Waals surface area contributed by atoms with Gasteiger partial charge in [0, 0.05) is 36.9 Å². The van der Waals surface area contributed by atoms with Gasteiger partial charge in [0.1, 0.15) is 0 Å². The summed E-state index contributed by atoms with van der Waals surface area (Å²) >= 11 is 0. The molecule has 21 heavy (non-hydrogen) atoms. The molecule has 4 heteroatoms. The number of nitrogens with zero attached hydrogens (tertiary/aromatic N) is 1. The Morgan fingerprint density at radius 2 is 2.19 bits per heavy atom. The highest BCUT2D eigenvalue weighted by molar-refractivity contribution is 5.95. The van der Waals surface area contributed by atoms with E-state index in [0.29, 0.717) is 12.0 Å². The van der Waals surface area contributed by atoms with Crippen LogP contribution >= 0.6 is 0 Å². The zero-order valence-electron chi connectivity index (χ0n) is 13.1. The molecule has 2 aliphatic rings. The van der Waals surface area contributed by atoms with Crippen molar-refractivity contribution in [3.05, 3.63) is 29.3 Å². The summed E-state index contributed by atoms with van der Waals surface area (Å²) in [5.41, 5.74) is 3.34. The molecule has 0 aliphatic carbocycles. The normalized spacial score (nSPS) is 28.3. The molecule has 1 unspecified atom stereocenters. The number of hydrogen-bond acceptors (Lipinski definition) is 3. The highest BCUT2D eigenvalue weighted by atomic mass is 16.1. The molecule has 4 nitrogen and oxygen atoms in total. The Kier molecular flexibility index (Phi) is 3.89. The fourth-order valence-electron chi connectivity index (χ4n) is 3.40. The first-order valence-corrected chi connectivity index (χ1v) is 7.93. The van der Waals surface area contributed by atoms with Gasteiger partial charge in [-0.15, -0.1) is 0 Å². The summed E-state index contributed by atoms with van der Waals surface area (Å²) in [5.74, 6) is 0.667. The van der Waals surface area contributed by atoms with Gasteiger partial charge in [0.05, 0.1) is 0 Å². The number of carbonyl (C=O) groups excluding carboxylic acids is 1. The first-order chi connectivity index (χ1) is 10.1. The molecule has 1 fully saturated rings. The van der Waals surface area contributed by atoms with Crippen LogP contribution in [0.4, 0.5) is 5.69 Å². The van der Waals surface area contributed by atoms with Gasteiger partial charge in [-0.2, -0.15) is 0 Å². The van der Waals surface area contributed by atoms with E-state index in [-0.39, 0.29) is 11.9 Å². The Balaban J connectivity index is 1.79. The van der Waals surface area contributed by atoms with Crippen LogP contribution in [0.5, 0.6) is 0 Å². The molecule has 1 saturated heterocycles. The molecule has 2 heterocycles. The maximum atomic E-state index is 12.4. The van der Waals surface area contributed by atoms with E-state index in [1.807, 2.05) is 6.07 Å². The number of benzene rings is 1. The van der Waals surface area contributed by atoms with E-state index in [9.17, 15) is 4.79 Å². The molecule has 1 amide bonds. The van der Waals surface area contributed by atoms with Gasteiger partial charge in [-0.05, 0) is 56.0 Å². The third-order valence-electron chi connectivity index (χ3n) is 5.09. The molecular weight excluding hydrogens is 262 g/mol. The summed E-state index contributed by atoms with van der Waals surface area (Å²) in [4.78, 5) is 14.7. The molecule has 1 aromatic carbocycles. The lowest BCUT2D eigenvalue weighted by Crippen LogP contribution is -2.40. The van der Waals surface area contributed by atoms with Crippen molar-refractivity contribution in [2.24, 2.45) is 5.92 Å². The molecule has 0 aromatic heterocycles. The minimum atomic E-state index is 0.0560. The Labute approximate surface area is 126 Å². The number of rotatable bonds is 2. The molecule has 114 valence electrons. The second-order valence-corrected chi connectivity index (χ2v) is 6.54. The maximum Gasteiger partial charge on any atom is 0.251 e. The summed E-state index contributed by atoms with van der Waals surface area (Å²) in [5, 5.41) is 6.39. The quantitative estimate of drug-likeness (QED) is 0.872. The average Bonchev–Trinajstić information content (AvgIpc) is 2.97. The van der Waals surface area contributed by atoms with Crippen molar-refractivity contribution < 1.29 is 4.79 Å². The lowest BCUT2D eigenvalue weighted by Gasteiger charge is -2.38. The molecule has 2 aliphatic heterocycles. The number of hydrogen-bond donors (Lipinski definition) is 2. The zero-order valence-corrected chi connectivity index (χ0v) is 13.1. The van der Waals surface area contributed by atoms with Crippen molar-refractivity contribution in [2.45, 2.75) is 38.8 Å². The van der Waals surface area contributed by atoms with Crippen molar-refractivity contribution in [1.29, 1.82) is 0 Å². The van der Waals surface area contributed by atoms with E-state index in [4.69, 9.17) is 0 Å². The van der Waals surface area contributed by atoms with Gasteiger partial charge < -0.3 is 15.5 Å². The van der Waals surface area contributed by atoms with E-state index < -0.39 is 0 Å². The first-order valence-electron chi connectivity index (χ1n) is 7.93. The van der Waals surface area contributed by atoms with Crippen molar-refractivity contribution in [2.75, 3.05) is 25.0 Å². The standard InChI is InChI=1S/C17H25N3O/c1-11-8-14-9-13(4-5-16(14)20(3)12(11)2)17(21)19-15-6-7-18-10-15/h4-5,9,11-12,15,18H,6-8,10H2,1-3H3,(H,19,21)/t11-,12+,15?/m1/s1. The Morgan fingerprint density at radius 3 is 2.90 bits per heavy atom. The lowest BCUT2D eigenvalue weighted by atomic mass is 9.87. The predicted molar refractivity (Wildman–Crippen MR) is 85.9 cm³/mol. The van der Waals surface area contributed by atoms with Gasteiger partial charge in [-0.25, -0.2) is 0 Å². The summed E-state index contributed by atoms with van der Waals surface area (Å²) in [6, 6.07) is 6.94. The van der Waals surface area contributed by atoms with Crippen LogP contribution in [0.2, 0.25) is 0 Å². The SMILES string of the molecule is C[C@@H]1Cc2cc(C(=O)NC3CCNC3)ccc2N(C)[C@H]1C. The zero-order chi connectivity index (χ0) is 15.0. The summed E-state index contributed by atoms with van der Waals surface area (Å²) < 4.78 is 0. The van der Waals surface area contributed by atoms with E-state index in [1.54, 1.807) is 0 Å². The van der Waals surface area contributed by atoms with Gasteiger partial charge in [-0.1, -0.05) is 6.92 Å². The van der Waals surface area contributed by atoms with Gasteiger partial charge in [0.2, 0.25) is 0 Å². The third kappa shape index (κ3) is 2.77. The van der Waals surface area contributed by atoms with Crippen LogP contribution in [-0.2, 0) is 6.42 Å². The number of amides is 1. The van der Waals surface area contributed by atoms with Crippen LogP contribution in [0.3, 0.4) is 0 Å². The van der Waals surface area contributed by atoms with E-state index in [2.05, 4.69) is 48.6 Å². The van der Waals surface area contributed by atoms with Crippen LogP contribution in [-0.4, -0.2) is 38.1 Å². The van der Waals surface area contributed by atoms with Crippen molar-refractivity contribution in [1.82, 2.24) is 10.6 Å². The average molecular weight is 287 g/mol. The highest BCUT2D eigenvalue weighted by Gasteiger charge is 2.27. The van der Waals surface area contributed by atoms with Gasteiger partial charge >= 0.3 is 0 Å². The number of nitrogens with one attached hydrogen (secondary N) is 2. The van der Waals surface area contributed by atoms with E-state index in [0.717, 1.165) is 31.5 Å². The van der Waals surface area contributed by atoms with Gasteiger partial charge in [-0.3, -0.25) is 4.79 Å². The smallest absolute Gasteiger partial charge is 0.251 e. The largest absolute Gasteiger partial charge is 0.371 e. The predicted octanol–water partition coefficient (Wildman–Crippen LogP) is 1.80. The minimum Gasteiger partial charge on any atom is -0.371 e. The Bertz CT molecular complexity index is 537. The molecule has 0 bridgehead atoms. The number of carbonyl (C=O) groups is 1.